The zero-order valence-electron chi connectivity index (χ0n) is 17.7. The van der Waals surface area contributed by atoms with Crippen LogP contribution in [0.15, 0.2) is 18.3 Å². The molecule has 4 N–H and O–H groups in total. The van der Waals surface area contributed by atoms with Crippen molar-refractivity contribution in [1.82, 2.24) is 25.1 Å². The quantitative estimate of drug-likeness (QED) is 0.515. The van der Waals surface area contributed by atoms with Crippen molar-refractivity contribution in [1.29, 1.82) is 0 Å². The fourth-order valence-corrected chi connectivity index (χ4v) is 4.24. The average molecular weight is 423 g/mol. The molecule has 4 heterocycles. The van der Waals surface area contributed by atoms with Crippen LogP contribution < -0.4 is 10.6 Å². The molecule has 0 unspecified atom stereocenters. The Kier molecular flexibility index (Phi) is 4.47. The van der Waals surface area contributed by atoms with Crippen molar-refractivity contribution in [3.8, 4) is 11.5 Å². The van der Waals surface area contributed by atoms with Crippen molar-refractivity contribution in [3.05, 3.63) is 23.9 Å². The first kappa shape index (κ1) is 19.6. The fourth-order valence-electron chi connectivity index (χ4n) is 4.24. The van der Waals surface area contributed by atoms with Gasteiger partial charge in [-0.15, -0.1) is 0 Å². The van der Waals surface area contributed by atoms with E-state index in [0.717, 1.165) is 29.6 Å². The molecule has 10 nitrogen and oxygen atoms in total. The molecule has 2 aromatic heterocycles. The lowest BCUT2D eigenvalue weighted by Crippen LogP contribution is -2.42. The van der Waals surface area contributed by atoms with Crippen molar-refractivity contribution >= 4 is 34.3 Å². The van der Waals surface area contributed by atoms with Gasteiger partial charge in [-0.05, 0) is 44.4 Å². The van der Waals surface area contributed by atoms with Crippen LogP contribution in [0.3, 0.4) is 0 Å². The van der Waals surface area contributed by atoms with Crippen molar-refractivity contribution in [2.75, 3.05) is 30.8 Å². The second-order valence-corrected chi connectivity index (χ2v) is 8.58. The maximum Gasteiger partial charge on any atom is 0.321 e. The van der Waals surface area contributed by atoms with Gasteiger partial charge in [0, 0.05) is 32.1 Å². The Morgan fingerprint density at radius 2 is 2.06 bits per heavy atom. The third kappa shape index (κ3) is 3.23. The Bertz CT molecular complexity index is 1170. The van der Waals surface area contributed by atoms with Crippen molar-refractivity contribution in [2.24, 2.45) is 0 Å². The summed E-state index contributed by atoms with van der Waals surface area (Å²) in [6.45, 7) is 5.09. The van der Waals surface area contributed by atoms with Gasteiger partial charge >= 0.3 is 6.03 Å². The van der Waals surface area contributed by atoms with E-state index in [1.807, 2.05) is 26.0 Å². The zero-order valence-corrected chi connectivity index (χ0v) is 17.7. The molecule has 0 spiro atoms. The van der Waals surface area contributed by atoms with Crippen LogP contribution in [0, 0.1) is 0 Å². The van der Waals surface area contributed by atoms with E-state index >= 15 is 0 Å². The topological polar surface area (TPSA) is 128 Å². The smallest absolute Gasteiger partial charge is 0.321 e. The third-order valence-corrected chi connectivity index (χ3v) is 6.28. The molecule has 2 aliphatic rings. The maximum atomic E-state index is 12.7. The Balaban J connectivity index is 1.39. The zero-order chi connectivity index (χ0) is 21.8. The molecule has 10 heteroatoms. The van der Waals surface area contributed by atoms with Crippen LogP contribution >= 0.6 is 0 Å². The molecule has 0 aliphatic carbocycles. The van der Waals surface area contributed by atoms with E-state index < -0.39 is 5.41 Å². The molecule has 1 fully saturated rings. The summed E-state index contributed by atoms with van der Waals surface area (Å²) in [4.78, 5) is 34.6. The largest absolute Gasteiger partial charge is 0.381 e. The number of H-pyrrole nitrogens is 2. The van der Waals surface area contributed by atoms with Gasteiger partial charge in [-0.2, -0.15) is 5.10 Å². The maximum absolute atomic E-state index is 12.7. The van der Waals surface area contributed by atoms with Gasteiger partial charge in [-0.1, -0.05) is 0 Å². The molecular weight excluding hydrogens is 398 g/mol. The lowest BCUT2D eigenvalue weighted by atomic mass is 9.86. The minimum Gasteiger partial charge on any atom is -0.381 e. The van der Waals surface area contributed by atoms with Gasteiger partial charge in [0.15, 0.2) is 11.5 Å². The molecule has 2 aliphatic heterocycles. The number of anilines is 2. The summed E-state index contributed by atoms with van der Waals surface area (Å²) in [5, 5.41) is 12.9. The van der Waals surface area contributed by atoms with E-state index in [4.69, 9.17) is 4.74 Å². The van der Waals surface area contributed by atoms with Gasteiger partial charge in [0.05, 0.1) is 28.2 Å². The lowest BCUT2D eigenvalue weighted by Gasteiger charge is -2.31. The van der Waals surface area contributed by atoms with E-state index in [-0.39, 0.29) is 18.0 Å². The van der Waals surface area contributed by atoms with E-state index in [0.29, 0.717) is 35.8 Å². The number of hydrogen-bond donors (Lipinski definition) is 4. The van der Waals surface area contributed by atoms with Crippen molar-refractivity contribution in [2.45, 2.75) is 38.2 Å². The number of carbonyl (C=O) groups is 2. The number of aromatic amines is 2. The number of hydrogen-bond acceptors (Lipinski definition) is 5. The van der Waals surface area contributed by atoms with Gasteiger partial charge in [-0.25, -0.2) is 9.78 Å². The highest BCUT2D eigenvalue weighted by Gasteiger charge is 2.38. The molecule has 0 radical (unpaired) electrons. The molecule has 0 bridgehead atoms. The highest BCUT2D eigenvalue weighted by atomic mass is 16.5. The molecule has 5 rings (SSSR count). The Morgan fingerprint density at radius 1 is 1.29 bits per heavy atom. The number of fused-ring (bicyclic) bond motifs is 2. The van der Waals surface area contributed by atoms with E-state index in [1.54, 1.807) is 18.2 Å². The number of likely N-dealkylation sites (tertiary alicyclic amines) is 1. The number of aromatic nitrogens is 4. The first-order chi connectivity index (χ1) is 14.9. The molecule has 0 saturated carbocycles. The van der Waals surface area contributed by atoms with Gasteiger partial charge in [-0.3, -0.25) is 9.89 Å². The number of benzene rings is 1. The van der Waals surface area contributed by atoms with Crippen LogP contribution in [0.25, 0.3) is 22.6 Å². The van der Waals surface area contributed by atoms with Crippen LogP contribution in [0.2, 0.25) is 0 Å². The summed E-state index contributed by atoms with van der Waals surface area (Å²) < 4.78 is 5.37. The number of piperidine rings is 1. The third-order valence-electron chi connectivity index (χ3n) is 6.28. The number of methoxy groups -OCH3 is 1. The SMILES string of the molecule is COC1CCN(C(=O)Nc2c[nH]nc2-c2nc3cc4c(cc3[nH]2)C(C)(C)C(=O)N4)CC1. The molecule has 31 heavy (non-hydrogen) atoms. The van der Waals surface area contributed by atoms with Gasteiger partial charge < -0.3 is 25.3 Å². The Hall–Kier alpha value is -3.40. The summed E-state index contributed by atoms with van der Waals surface area (Å²) in [5.41, 5.74) is 3.70. The fraction of sp³-hybridized carbons (Fsp3) is 0.429. The van der Waals surface area contributed by atoms with Gasteiger partial charge in [0.1, 0.15) is 0 Å². The lowest BCUT2D eigenvalue weighted by molar-refractivity contribution is -0.119. The summed E-state index contributed by atoms with van der Waals surface area (Å²) in [6, 6.07) is 3.64. The normalized spacial score (nSPS) is 18.3. The number of imidazole rings is 1. The van der Waals surface area contributed by atoms with E-state index in [9.17, 15) is 9.59 Å². The van der Waals surface area contributed by atoms with Gasteiger partial charge in [0.2, 0.25) is 5.91 Å². The predicted octanol–water partition coefficient (Wildman–Crippen LogP) is 2.83. The molecule has 3 amide bonds. The van der Waals surface area contributed by atoms with E-state index in [2.05, 4.69) is 30.8 Å². The summed E-state index contributed by atoms with van der Waals surface area (Å²) in [6.07, 6.45) is 3.50. The number of urea groups is 1. The molecule has 1 saturated heterocycles. The molecule has 1 aromatic carbocycles. The second kappa shape index (κ2) is 7.09. The number of nitrogens with zero attached hydrogens (tertiary/aromatic N) is 3. The molecule has 162 valence electrons. The molecule has 0 atom stereocenters. The predicted molar refractivity (Wildman–Crippen MR) is 116 cm³/mol. The molecular formula is C21H25N7O3. The number of carbonyl (C=O) groups excluding carboxylic acids is 2. The first-order valence-corrected chi connectivity index (χ1v) is 10.4. The first-order valence-electron chi connectivity index (χ1n) is 10.4. The minimum atomic E-state index is -0.601. The average Bonchev–Trinajstić information content (AvgIpc) is 3.43. The van der Waals surface area contributed by atoms with Crippen LogP contribution in [-0.2, 0) is 14.9 Å². The molecule has 3 aromatic rings. The minimum absolute atomic E-state index is 0.0257. The van der Waals surface area contributed by atoms with Crippen molar-refractivity contribution < 1.29 is 14.3 Å². The standard InChI is InChI=1S/C21H25N7O3/c1-21(2)12-8-14-15(9-13(12)25-19(21)29)24-18(23-14)17-16(10-22-27-17)26-20(30)28-6-4-11(31-3)5-7-28/h8-11H,4-7H2,1-3H3,(H,22,27)(H,23,24)(H,25,29)(H,26,30). The van der Waals surface area contributed by atoms with Crippen molar-refractivity contribution in [3.63, 3.8) is 0 Å². The number of amides is 3. The highest BCUT2D eigenvalue weighted by Crippen LogP contribution is 2.39. The second-order valence-electron chi connectivity index (χ2n) is 8.58. The van der Waals surface area contributed by atoms with E-state index in [1.165, 1.54) is 0 Å². The number of nitrogens with one attached hydrogen (secondary N) is 4. The van der Waals surface area contributed by atoms with Crippen LogP contribution in [0.4, 0.5) is 16.2 Å². The van der Waals surface area contributed by atoms with Crippen LogP contribution in [0.5, 0.6) is 0 Å². The number of rotatable bonds is 3. The summed E-state index contributed by atoms with van der Waals surface area (Å²) in [5.74, 6) is 0.514. The Labute approximate surface area is 178 Å². The Morgan fingerprint density at radius 3 is 2.81 bits per heavy atom. The van der Waals surface area contributed by atoms with Gasteiger partial charge in [0.25, 0.3) is 0 Å². The summed E-state index contributed by atoms with van der Waals surface area (Å²) >= 11 is 0. The highest BCUT2D eigenvalue weighted by molar-refractivity contribution is 6.07. The van der Waals surface area contributed by atoms with Crippen LogP contribution in [0.1, 0.15) is 32.3 Å². The monoisotopic (exact) mass is 423 g/mol. The summed E-state index contributed by atoms with van der Waals surface area (Å²) in [7, 11) is 1.70. The number of ether oxygens (including phenoxy) is 1. The van der Waals surface area contributed by atoms with Crippen LogP contribution in [-0.4, -0.2) is 63.3 Å².